The second-order valence-electron chi connectivity index (χ2n) is 3.05. The minimum Gasteiger partial charge on any atom is -0.472 e. The van der Waals surface area contributed by atoms with Crippen molar-refractivity contribution in [3.63, 3.8) is 0 Å². The number of nitrogens with two attached hydrogens (primary N) is 1. The van der Waals surface area contributed by atoms with Crippen LogP contribution in [-0.4, -0.2) is 19.3 Å². The summed E-state index contributed by atoms with van der Waals surface area (Å²) >= 11 is 0. The molecule has 74 valence electrons. The number of nitrogens with one attached hydrogen (secondary N) is 1. The molecule has 4 heteroatoms. The van der Waals surface area contributed by atoms with Gasteiger partial charge in [0.2, 0.25) is 0 Å². The van der Waals surface area contributed by atoms with Crippen molar-refractivity contribution >= 4 is 0 Å². The van der Waals surface area contributed by atoms with Gasteiger partial charge in [-0.05, 0) is 25.0 Å². The third kappa shape index (κ3) is 2.84. The van der Waals surface area contributed by atoms with E-state index in [2.05, 4.69) is 5.43 Å². The van der Waals surface area contributed by atoms with E-state index < -0.39 is 0 Å². The van der Waals surface area contributed by atoms with Crippen LogP contribution in [0, 0.1) is 0 Å². The summed E-state index contributed by atoms with van der Waals surface area (Å²) in [5.41, 5.74) is 3.84. The summed E-state index contributed by atoms with van der Waals surface area (Å²) in [6, 6.07) is 2.04. The molecule has 3 N–H and O–H groups in total. The van der Waals surface area contributed by atoms with Gasteiger partial charge in [-0.2, -0.15) is 0 Å². The standard InChI is InChI=1S/C9H16N2O2/c1-7(12-2)9(11-10)5-8-3-4-13-6-8/h3-4,6-7,9,11H,5,10H2,1-2H3. The Balaban J connectivity index is 2.49. The van der Waals surface area contributed by atoms with Gasteiger partial charge in [0.05, 0.1) is 24.7 Å². The van der Waals surface area contributed by atoms with Crippen molar-refractivity contribution in [3.8, 4) is 0 Å². The number of ether oxygens (including phenoxy) is 1. The Kier molecular flexibility index (Phi) is 3.95. The van der Waals surface area contributed by atoms with Gasteiger partial charge in [-0.25, -0.2) is 0 Å². The molecule has 2 atom stereocenters. The van der Waals surface area contributed by atoms with E-state index >= 15 is 0 Å². The van der Waals surface area contributed by atoms with Crippen LogP contribution in [0.25, 0.3) is 0 Å². The molecule has 0 aromatic carbocycles. The Morgan fingerprint density at radius 3 is 2.92 bits per heavy atom. The molecule has 1 aromatic heterocycles. The second kappa shape index (κ2) is 5.01. The summed E-state index contributed by atoms with van der Waals surface area (Å²) in [6.45, 7) is 1.98. The number of hydrogen-bond donors (Lipinski definition) is 2. The number of hydrogen-bond acceptors (Lipinski definition) is 4. The van der Waals surface area contributed by atoms with Gasteiger partial charge in [0, 0.05) is 7.11 Å². The van der Waals surface area contributed by atoms with Crippen molar-refractivity contribution < 1.29 is 9.15 Å². The van der Waals surface area contributed by atoms with E-state index in [4.69, 9.17) is 15.0 Å². The molecule has 2 unspecified atom stereocenters. The summed E-state index contributed by atoms with van der Waals surface area (Å²) in [7, 11) is 1.67. The topological polar surface area (TPSA) is 60.4 Å². The van der Waals surface area contributed by atoms with Crippen molar-refractivity contribution in [2.45, 2.75) is 25.5 Å². The molecule has 1 rings (SSSR count). The van der Waals surface area contributed by atoms with Gasteiger partial charge in [0.15, 0.2) is 0 Å². The Hall–Kier alpha value is -0.840. The van der Waals surface area contributed by atoms with Crippen LogP contribution < -0.4 is 11.3 Å². The minimum absolute atomic E-state index is 0.0832. The lowest BCUT2D eigenvalue weighted by atomic mass is 10.1. The molecular formula is C9H16N2O2. The van der Waals surface area contributed by atoms with Gasteiger partial charge >= 0.3 is 0 Å². The number of rotatable bonds is 5. The predicted molar refractivity (Wildman–Crippen MR) is 50.0 cm³/mol. The average Bonchev–Trinajstić information content (AvgIpc) is 2.65. The number of hydrazine groups is 1. The Bertz CT molecular complexity index is 224. The molecule has 0 spiro atoms. The maximum atomic E-state index is 5.41. The molecular weight excluding hydrogens is 168 g/mol. The summed E-state index contributed by atoms with van der Waals surface area (Å²) < 4.78 is 10.1. The number of furan rings is 1. The SMILES string of the molecule is COC(C)C(Cc1ccoc1)NN. The lowest BCUT2D eigenvalue weighted by molar-refractivity contribution is 0.0831. The van der Waals surface area contributed by atoms with Crippen LogP contribution in [0.5, 0.6) is 0 Å². The first-order valence-electron chi connectivity index (χ1n) is 4.28. The van der Waals surface area contributed by atoms with Gasteiger partial charge in [0.25, 0.3) is 0 Å². The van der Waals surface area contributed by atoms with E-state index in [9.17, 15) is 0 Å². The first-order chi connectivity index (χ1) is 6.27. The van der Waals surface area contributed by atoms with Crippen LogP contribution in [0.4, 0.5) is 0 Å². The van der Waals surface area contributed by atoms with E-state index in [-0.39, 0.29) is 12.1 Å². The lowest BCUT2D eigenvalue weighted by Crippen LogP contribution is -2.44. The van der Waals surface area contributed by atoms with Gasteiger partial charge in [-0.3, -0.25) is 11.3 Å². The third-order valence-electron chi connectivity index (χ3n) is 2.19. The average molecular weight is 184 g/mol. The van der Waals surface area contributed by atoms with Gasteiger partial charge in [-0.15, -0.1) is 0 Å². The quantitative estimate of drug-likeness (QED) is 0.522. The molecule has 0 amide bonds. The maximum absolute atomic E-state index is 5.41. The first-order valence-corrected chi connectivity index (χ1v) is 4.28. The van der Waals surface area contributed by atoms with Gasteiger partial charge in [-0.1, -0.05) is 0 Å². The molecule has 0 bridgehead atoms. The zero-order valence-electron chi connectivity index (χ0n) is 7.99. The molecule has 0 fully saturated rings. The highest BCUT2D eigenvalue weighted by molar-refractivity contribution is 5.07. The minimum atomic E-state index is 0.0832. The van der Waals surface area contributed by atoms with E-state index in [1.54, 1.807) is 19.6 Å². The highest BCUT2D eigenvalue weighted by Gasteiger charge is 2.15. The van der Waals surface area contributed by atoms with Crippen molar-refractivity contribution in [1.82, 2.24) is 5.43 Å². The summed E-state index contributed by atoms with van der Waals surface area (Å²) in [6.07, 6.45) is 4.26. The van der Waals surface area contributed by atoms with E-state index in [1.165, 1.54) is 0 Å². The highest BCUT2D eigenvalue weighted by atomic mass is 16.5. The van der Waals surface area contributed by atoms with E-state index in [0.717, 1.165) is 12.0 Å². The van der Waals surface area contributed by atoms with Crippen molar-refractivity contribution in [2.24, 2.45) is 5.84 Å². The van der Waals surface area contributed by atoms with Crippen LogP contribution >= 0.6 is 0 Å². The molecule has 0 aliphatic heterocycles. The number of methoxy groups -OCH3 is 1. The van der Waals surface area contributed by atoms with Crippen molar-refractivity contribution in [3.05, 3.63) is 24.2 Å². The van der Waals surface area contributed by atoms with Gasteiger partial charge < -0.3 is 9.15 Å². The molecule has 0 saturated heterocycles. The smallest absolute Gasteiger partial charge is 0.0935 e. The molecule has 4 nitrogen and oxygen atoms in total. The lowest BCUT2D eigenvalue weighted by Gasteiger charge is -2.21. The third-order valence-corrected chi connectivity index (χ3v) is 2.19. The van der Waals surface area contributed by atoms with E-state index in [0.29, 0.717) is 0 Å². The summed E-state index contributed by atoms with van der Waals surface area (Å²) in [5.74, 6) is 5.41. The summed E-state index contributed by atoms with van der Waals surface area (Å²) in [5, 5.41) is 0. The zero-order valence-corrected chi connectivity index (χ0v) is 7.99. The fourth-order valence-corrected chi connectivity index (χ4v) is 1.19. The van der Waals surface area contributed by atoms with Crippen LogP contribution in [0.2, 0.25) is 0 Å². The molecule has 0 saturated carbocycles. The Labute approximate surface area is 78.0 Å². The van der Waals surface area contributed by atoms with Crippen LogP contribution in [0.15, 0.2) is 23.0 Å². The largest absolute Gasteiger partial charge is 0.472 e. The fourth-order valence-electron chi connectivity index (χ4n) is 1.19. The highest BCUT2D eigenvalue weighted by Crippen LogP contribution is 2.07. The van der Waals surface area contributed by atoms with Crippen LogP contribution in [0.1, 0.15) is 12.5 Å². The Morgan fingerprint density at radius 1 is 1.69 bits per heavy atom. The van der Waals surface area contributed by atoms with Gasteiger partial charge in [0.1, 0.15) is 0 Å². The molecule has 0 radical (unpaired) electrons. The maximum Gasteiger partial charge on any atom is 0.0935 e. The monoisotopic (exact) mass is 184 g/mol. The molecule has 13 heavy (non-hydrogen) atoms. The van der Waals surface area contributed by atoms with Crippen LogP contribution in [0.3, 0.4) is 0 Å². The first kappa shape index (κ1) is 10.2. The summed E-state index contributed by atoms with van der Waals surface area (Å²) in [4.78, 5) is 0. The predicted octanol–water partition coefficient (Wildman–Crippen LogP) is 0.689. The molecule has 0 aliphatic carbocycles. The van der Waals surface area contributed by atoms with Crippen molar-refractivity contribution in [1.29, 1.82) is 0 Å². The van der Waals surface area contributed by atoms with E-state index in [1.807, 2.05) is 13.0 Å². The Morgan fingerprint density at radius 2 is 2.46 bits per heavy atom. The molecule has 0 aliphatic rings. The van der Waals surface area contributed by atoms with Crippen molar-refractivity contribution in [2.75, 3.05) is 7.11 Å². The second-order valence-corrected chi connectivity index (χ2v) is 3.05. The molecule has 1 aromatic rings. The fraction of sp³-hybridized carbons (Fsp3) is 0.556. The zero-order chi connectivity index (χ0) is 9.68. The molecule has 1 heterocycles. The normalized spacial score (nSPS) is 15.6. The van der Waals surface area contributed by atoms with Crippen LogP contribution in [-0.2, 0) is 11.2 Å².